The van der Waals surface area contributed by atoms with Crippen LogP contribution in [0, 0.1) is 6.92 Å². The van der Waals surface area contributed by atoms with Gasteiger partial charge in [-0.05, 0) is 44.0 Å². The van der Waals surface area contributed by atoms with Gasteiger partial charge >= 0.3 is 0 Å². The van der Waals surface area contributed by atoms with Gasteiger partial charge in [0.15, 0.2) is 0 Å². The van der Waals surface area contributed by atoms with Crippen LogP contribution >= 0.6 is 11.6 Å². The van der Waals surface area contributed by atoms with E-state index in [1.165, 1.54) is 13.2 Å². The van der Waals surface area contributed by atoms with Gasteiger partial charge in [0.2, 0.25) is 10.0 Å². The zero-order chi connectivity index (χ0) is 16.3. The minimum Gasteiger partial charge on any atom is -0.495 e. The molecule has 1 aromatic carbocycles. The fraction of sp³-hybridized carbons (Fsp3) is 0.600. The Kier molecular flexibility index (Phi) is 5.71. The maximum Gasteiger partial charge on any atom is 0.243 e. The number of halogens is 1. The molecule has 0 aromatic heterocycles. The van der Waals surface area contributed by atoms with Gasteiger partial charge in [0, 0.05) is 19.1 Å². The zero-order valence-electron chi connectivity index (χ0n) is 13.2. The average molecular weight is 347 g/mol. The van der Waals surface area contributed by atoms with Gasteiger partial charge in [0.05, 0.1) is 17.0 Å². The lowest BCUT2D eigenvalue weighted by molar-refractivity contribution is 0.335. The van der Waals surface area contributed by atoms with Gasteiger partial charge < -0.3 is 10.1 Å². The molecule has 1 aromatic rings. The lowest BCUT2D eigenvalue weighted by Gasteiger charge is -2.28. The number of aryl methyl sites for hydroxylation is 1. The predicted octanol–water partition coefficient (Wildman–Crippen LogP) is 2.42. The quantitative estimate of drug-likeness (QED) is 0.859. The molecule has 1 atom stereocenters. The first-order valence-corrected chi connectivity index (χ1v) is 9.30. The van der Waals surface area contributed by atoms with Crippen LogP contribution < -0.4 is 10.1 Å². The molecule has 0 bridgehead atoms. The zero-order valence-corrected chi connectivity index (χ0v) is 14.8. The summed E-state index contributed by atoms with van der Waals surface area (Å²) in [6.07, 6.45) is 1.61. The van der Waals surface area contributed by atoms with Gasteiger partial charge in [-0.25, -0.2) is 8.42 Å². The number of nitrogens with zero attached hydrogens (tertiary/aromatic N) is 1. The Labute approximate surface area is 137 Å². The Bertz CT molecular complexity index is 628. The second-order valence-electron chi connectivity index (χ2n) is 5.51. The fourth-order valence-corrected chi connectivity index (χ4v) is 5.09. The van der Waals surface area contributed by atoms with Crippen LogP contribution in [0.1, 0.15) is 25.3 Å². The highest BCUT2D eigenvalue weighted by Gasteiger charge is 2.33. The van der Waals surface area contributed by atoms with Crippen LogP contribution in [0.4, 0.5) is 0 Å². The molecule has 1 heterocycles. The molecule has 1 aliphatic heterocycles. The third-order valence-corrected chi connectivity index (χ3v) is 6.31. The topological polar surface area (TPSA) is 58.6 Å². The van der Waals surface area contributed by atoms with Crippen molar-refractivity contribution in [3.05, 3.63) is 22.7 Å². The third-order valence-electron chi connectivity index (χ3n) is 3.92. The molecule has 0 aliphatic carbocycles. The van der Waals surface area contributed by atoms with E-state index in [0.29, 0.717) is 29.4 Å². The number of rotatable bonds is 6. The Hall–Kier alpha value is -0.820. The summed E-state index contributed by atoms with van der Waals surface area (Å²) in [5.41, 5.74) is 0.647. The molecule has 1 unspecified atom stereocenters. The summed E-state index contributed by atoms with van der Waals surface area (Å²) in [6, 6.07) is 3.17. The predicted molar refractivity (Wildman–Crippen MR) is 88.2 cm³/mol. The van der Waals surface area contributed by atoms with E-state index in [9.17, 15) is 8.42 Å². The van der Waals surface area contributed by atoms with Crippen LogP contribution in [0.3, 0.4) is 0 Å². The van der Waals surface area contributed by atoms with Gasteiger partial charge in [0.25, 0.3) is 0 Å². The number of methoxy groups -OCH3 is 1. The van der Waals surface area contributed by atoms with Gasteiger partial charge in [-0.2, -0.15) is 4.31 Å². The summed E-state index contributed by atoms with van der Waals surface area (Å²) in [7, 11) is -2.06. The van der Waals surface area contributed by atoms with E-state index in [2.05, 4.69) is 5.32 Å². The smallest absolute Gasteiger partial charge is 0.243 e. The average Bonchev–Trinajstić information content (AvgIpc) is 3.00. The lowest BCUT2D eigenvalue weighted by Crippen LogP contribution is -2.42. The first-order chi connectivity index (χ1) is 10.4. The first kappa shape index (κ1) is 17.5. The van der Waals surface area contributed by atoms with Crippen LogP contribution in [-0.4, -0.2) is 45.5 Å². The molecule has 0 radical (unpaired) electrons. The van der Waals surface area contributed by atoms with E-state index in [1.54, 1.807) is 17.3 Å². The molecular weight excluding hydrogens is 324 g/mol. The normalized spacial score (nSPS) is 18.9. The van der Waals surface area contributed by atoms with Crippen molar-refractivity contribution >= 4 is 21.6 Å². The SMILES string of the molecule is CCCN(C1CCNC1)S(=O)(=O)c1cc(Cl)c(OC)cc1C. The van der Waals surface area contributed by atoms with Crippen molar-refractivity contribution in [2.45, 2.75) is 37.6 Å². The van der Waals surface area contributed by atoms with E-state index in [1.807, 2.05) is 6.92 Å². The van der Waals surface area contributed by atoms with Crippen molar-refractivity contribution in [2.75, 3.05) is 26.7 Å². The summed E-state index contributed by atoms with van der Waals surface area (Å²) in [5, 5.41) is 3.54. The number of hydrogen-bond donors (Lipinski definition) is 1. The molecule has 0 spiro atoms. The van der Waals surface area contributed by atoms with E-state index >= 15 is 0 Å². The van der Waals surface area contributed by atoms with Crippen LogP contribution in [0.25, 0.3) is 0 Å². The van der Waals surface area contributed by atoms with Gasteiger partial charge in [0.1, 0.15) is 5.75 Å². The molecule has 124 valence electrons. The molecule has 1 saturated heterocycles. The molecule has 2 rings (SSSR count). The van der Waals surface area contributed by atoms with Crippen molar-refractivity contribution in [2.24, 2.45) is 0 Å². The molecule has 22 heavy (non-hydrogen) atoms. The van der Waals surface area contributed by atoms with E-state index < -0.39 is 10.0 Å². The summed E-state index contributed by atoms with van der Waals surface area (Å²) < 4.78 is 32.9. The van der Waals surface area contributed by atoms with Crippen molar-refractivity contribution < 1.29 is 13.2 Å². The lowest BCUT2D eigenvalue weighted by atomic mass is 10.2. The number of benzene rings is 1. The van der Waals surface area contributed by atoms with Crippen LogP contribution in [0.2, 0.25) is 5.02 Å². The highest BCUT2D eigenvalue weighted by molar-refractivity contribution is 7.89. The molecule has 1 aliphatic rings. The minimum absolute atomic E-state index is 0.00484. The van der Waals surface area contributed by atoms with Gasteiger partial charge in [-0.1, -0.05) is 18.5 Å². The van der Waals surface area contributed by atoms with E-state index in [-0.39, 0.29) is 10.9 Å². The minimum atomic E-state index is -3.57. The summed E-state index contributed by atoms with van der Waals surface area (Å²) in [4.78, 5) is 0.263. The van der Waals surface area contributed by atoms with Crippen molar-refractivity contribution in [1.82, 2.24) is 9.62 Å². The second kappa shape index (κ2) is 7.17. The van der Waals surface area contributed by atoms with Crippen molar-refractivity contribution in [3.8, 4) is 5.75 Å². The number of ether oxygens (including phenoxy) is 1. The summed E-state index contributed by atoms with van der Waals surface area (Å²) >= 11 is 6.13. The van der Waals surface area contributed by atoms with Crippen LogP contribution in [0.15, 0.2) is 17.0 Å². The molecule has 0 amide bonds. The molecule has 0 saturated carbocycles. The number of hydrogen-bond acceptors (Lipinski definition) is 4. The Morgan fingerprint density at radius 1 is 1.45 bits per heavy atom. The largest absolute Gasteiger partial charge is 0.495 e. The van der Waals surface area contributed by atoms with Crippen LogP contribution in [-0.2, 0) is 10.0 Å². The number of sulfonamides is 1. The third kappa shape index (κ3) is 3.40. The molecule has 5 nitrogen and oxygen atoms in total. The second-order valence-corrected chi connectivity index (χ2v) is 7.78. The fourth-order valence-electron chi connectivity index (χ4n) is 2.80. The van der Waals surface area contributed by atoms with Gasteiger partial charge in [-0.15, -0.1) is 0 Å². The first-order valence-electron chi connectivity index (χ1n) is 7.48. The molecule has 1 fully saturated rings. The van der Waals surface area contributed by atoms with Crippen molar-refractivity contribution in [1.29, 1.82) is 0 Å². The molecular formula is C15H23ClN2O3S. The van der Waals surface area contributed by atoms with Crippen LogP contribution in [0.5, 0.6) is 5.75 Å². The standard InChI is InChI=1S/C15H23ClN2O3S/c1-4-7-18(12-5-6-17-10-12)22(19,20)15-9-13(16)14(21-3)8-11(15)2/h8-9,12,17H,4-7,10H2,1-3H3. The monoisotopic (exact) mass is 346 g/mol. The molecule has 1 N–H and O–H groups in total. The maximum absolute atomic E-state index is 13.1. The molecule has 7 heteroatoms. The summed E-state index contributed by atoms with van der Waals surface area (Å²) in [6.45, 7) is 5.81. The van der Waals surface area contributed by atoms with E-state index in [0.717, 1.165) is 19.4 Å². The summed E-state index contributed by atoms with van der Waals surface area (Å²) in [5.74, 6) is 0.489. The highest BCUT2D eigenvalue weighted by atomic mass is 35.5. The van der Waals surface area contributed by atoms with Crippen molar-refractivity contribution in [3.63, 3.8) is 0 Å². The van der Waals surface area contributed by atoms with E-state index in [4.69, 9.17) is 16.3 Å². The highest BCUT2D eigenvalue weighted by Crippen LogP contribution is 2.32. The Balaban J connectivity index is 2.45. The Morgan fingerprint density at radius 3 is 2.73 bits per heavy atom. The van der Waals surface area contributed by atoms with Gasteiger partial charge in [-0.3, -0.25) is 0 Å². The Morgan fingerprint density at radius 2 is 2.18 bits per heavy atom. The maximum atomic E-state index is 13.1. The number of nitrogens with one attached hydrogen (secondary N) is 1.